The normalized spacial score (nSPS) is 20.6. The van der Waals surface area contributed by atoms with E-state index in [-0.39, 0.29) is 16.5 Å². The second kappa shape index (κ2) is 10.4. The zero-order valence-electron chi connectivity index (χ0n) is 21.5. The van der Waals surface area contributed by atoms with Crippen molar-refractivity contribution in [3.8, 4) is 0 Å². The monoisotopic (exact) mass is 508 g/mol. The van der Waals surface area contributed by atoms with Crippen molar-refractivity contribution < 1.29 is 9.59 Å². The first-order valence-corrected chi connectivity index (χ1v) is 13.7. The van der Waals surface area contributed by atoms with Gasteiger partial charge in [0.25, 0.3) is 5.91 Å². The van der Waals surface area contributed by atoms with Gasteiger partial charge in [-0.05, 0) is 68.1 Å². The molecule has 0 N–H and O–H groups in total. The summed E-state index contributed by atoms with van der Waals surface area (Å²) in [5, 5.41) is 0.269. The first-order chi connectivity index (χ1) is 17.4. The maximum atomic E-state index is 13.6. The van der Waals surface area contributed by atoms with Crippen molar-refractivity contribution in [2.45, 2.75) is 50.4 Å². The number of benzene rings is 1. The van der Waals surface area contributed by atoms with Crippen LogP contribution in [0.15, 0.2) is 42.5 Å². The summed E-state index contributed by atoms with van der Waals surface area (Å²) in [5.41, 5.74) is 1.36. The summed E-state index contributed by atoms with van der Waals surface area (Å²) in [6.45, 7) is 3.67. The third kappa shape index (κ3) is 4.72. The Kier molecular flexibility index (Phi) is 7.25. The van der Waals surface area contributed by atoms with Crippen molar-refractivity contribution in [3.05, 3.63) is 58.7 Å². The topological polar surface area (TPSA) is 56.8 Å². The molecule has 0 unspecified atom stereocenters. The fourth-order valence-electron chi connectivity index (χ4n) is 6.39. The first-order valence-electron chi connectivity index (χ1n) is 13.4. The van der Waals surface area contributed by atoms with Crippen LogP contribution in [0.4, 0.5) is 5.82 Å². The SMILES string of the molecule is CN(C)C(=O)c1ccc(N2CCC(C3CCN(C(=O)C4(c5ccccc5)CCC4)CC3)CC2)nc1Cl. The van der Waals surface area contributed by atoms with E-state index in [0.29, 0.717) is 23.3 Å². The number of amides is 2. The zero-order chi connectivity index (χ0) is 25.3. The second-order valence-corrected chi connectivity index (χ2v) is 11.3. The maximum Gasteiger partial charge on any atom is 0.256 e. The summed E-state index contributed by atoms with van der Waals surface area (Å²) < 4.78 is 0. The molecule has 1 aromatic heterocycles. The van der Waals surface area contributed by atoms with Gasteiger partial charge in [0.1, 0.15) is 11.0 Å². The Hall–Kier alpha value is -2.60. The van der Waals surface area contributed by atoms with Crippen LogP contribution in [-0.4, -0.2) is 66.9 Å². The molecule has 6 nitrogen and oxygen atoms in total. The molecule has 2 saturated heterocycles. The summed E-state index contributed by atoms with van der Waals surface area (Å²) >= 11 is 6.35. The van der Waals surface area contributed by atoms with E-state index >= 15 is 0 Å². The Morgan fingerprint density at radius 2 is 1.53 bits per heavy atom. The summed E-state index contributed by atoms with van der Waals surface area (Å²) in [6.07, 6.45) is 7.57. The number of hydrogen-bond acceptors (Lipinski definition) is 4. The van der Waals surface area contributed by atoms with E-state index in [4.69, 9.17) is 11.6 Å². The Labute approximate surface area is 219 Å². The van der Waals surface area contributed by atoms with Crippen LogP contribution in [0.25, 0.3) is 0 Å². The lowest BCUT2D eigenvalue weighted by atomic mass is 9.63. The number of anilines is 1. The van der Waals surface area contributed by atoms with Gasteiger partial charge in [0.2, 0.25) is 5.91 Å². The van der Waals surface area contributed by atoms with Gasteiger partial charge in [-0.15, -0.1) is 0 Å². The number of carbonyl (C=O) groups is 2. The van der Waals surface area contributed by atoms with Crippen molar-refractivity contribution in [2.75, 3.05) is 45.2 Å². The van der Waals surface area contributed by atoms with Gasteiger partial charge < -0.3 is 14.7 Å². The third-order valence-corrected chi connectivity index (χ3v) is 9.06. The van der Waals surface area contributed by atoms with Crippen molar-refractivity contribution in [2.24, 2.45) is 11.8 Å². The average molecular weight is 509 g/mol. The Morgan fingerprint density at radius 3 is 2.06 bits per heavy atom. The fraction of sp³-hybridized carbons (Fsp3) is 0.552. The molecule has 3 aliphatic rings. The van der Waals surface area contributed by atoms with Crippen LogP contribution in [0.2, 0.25) is 5.15 Å². The van der Waals surface area contributed by atoms with E-state index in [1.807, 2.05) is 12.1 Å². The highest BCUT2D eigenvalue weighted by Gasteiger charge is 2.48. The quantitative estimate of drug-likeness (QED) is 0.532. The van der Waals surface area contributed by atoms with Crippen molar-refractivity contribution in [3.63, 3.8) is 0 Å². The molecule has 0 radical (unpaired) electrons. The zero-order valence-corrected chi connectivity index (χ0v) is 22.2. The summed E-state index contributed by atoms with van der Waals surface area (Å²) in [5.74, 6) is 2.44. The van der Waals surface area contributed by atoms with Gasteiger partial charge in [0.05, 0.1) is 11.0 Å². The van der Waals surface area contributed by atoms with E-state index in [9.17, 15) is 9.59 Å². The Balaban J connectivity index is 1.14. The van der Waals surface area contributed by atoms with Gasteiger partial charge in [0, 0.05) is 40.3 Å². The van der Waals surface area contributed by atoms with E-state index < -0.39 is 0 Å². The lowest BCUT2D eigenvalue weighted by Gasteiger charge is -2.46. The molecule has 1 saturated carbocycles. The largest absolute Gasteiger partial charge is 0.357 e. The van der Waals surface area contributed by atoms with E-state index in [2.05, 4.69) is 39.0 Å². The average Bonchev–Trinajstić information content (AvgIpc) is 2.88. The number of carbonyl (C=O) groups excluding carboxylic acids is 2. The number of nitrogens with zero attached hydrogens (tertiary/aromatic N) is 4. The number of hydrogen-bond donors (Lipinski definition) is 0. The molecular formula is C29H37ClN4O2. The minimum atomic E-state index is -0.277. The summed E-state index contributed by atoms with van der Waals surface area (Å²) in [4.78, 5) is 36.3. The molecule has 1 aliphatic carbocycles. The molecule has 3 heterocycles. The highest BCUT2D eigenvalue weighted by molar-refractivity contribution is 6.32. The van der Waals surface area contributed by atoms with Crippen LogP contribution in [0, 0.1) is 11.8 Å². The van der Waals surface area contributed by atoms with Crippen molar-refractivity contribution in [1.29, 1.82) is 0 Å². The van der Waals surface area contributed by atoms with Gasteiger partial charge >= 0.3 is 0 Å². The second-order valence-electron chi connectivity index (χ2n) is 11.0. The predicted molar refractivity (Wildman–Crippen MR) is 143 cm³/mol. The third-order valence-electron chi connectivity index (χ3n) is 8.77. The molecule has 3 fully saturated rings. The molecule has 192 valence electrons. The van der Waals surface area contributed by atoms with Crippen molar-refractivity contribution >= 4 is 29.2 Å². The van der Waals surface area contributed by atoms with Crippen LogP contribution < -0.4 is 4.90 Å². The van der Waals surface area contributed by atoms with Crippen LogP contribution in [-0.2, 0) is 10.2 Å². The molecule has 0 atom stereocenters. The molecule has 7 heteroatoms. The maximum absolute atomic E-state index is 13.6. The summed E-state index contributed by atoms with van der Waals surface area (Å²) in [7, 11) is 3.43. The number of rotatable bonds is 5. The first kappa shape index (κ1) is 25.1. The molecule has 2 aromatic rings. The van der Waals surface area contributed by atoms with Crippen molar-refractivity contribution in [1.82, 2.24) is 14.8 Å². The highest BCUT2D eigenvalue weighted by Crippen LogP contribution is 2.46. The van der Waals surface area contributed by atoms with E-state index in [0.717, 1.165) is 76.9 Å². The number of aromatic nitrogens is 1. The van der Waals surface area contributed by atoms with Crippen LogP contribution in [0.1, 0.15) is 60.9 Å². The molecule has 2 amide bonds. The van der Waals surface area contributed by atoms with Crippen LogP contribution in [0.5, 0.6) is 0 Å². The molecule has 5 rings (SSSR count). The number of halogens is 1. The number of pyridine rings is 1. The van der Waals surface area contributed by atoms with Crippen LogP contribution in [0.3, 0.4) is 0 Å². The smallest absolute Gasteiger partial charge is 0.256 e. The highest BCUT2D eigenvalue weighted by atomic mass is 35.5. The lowest BCUT2D eigenvalue weighted by Crippen LogP contribution is -2.53. The van der Waals surface area contributed by atoms with Gasteiger partial charge in [0.15, 0.2) is 0 Å². The molecule has 36 heavy (non-hydrogen) atoms. The molecule has 1 aromatic carbocycles. The molecule has 0 bridgehead atoms. The van der Waals surface area contributed by atoms with Gasteiger partial charge in [-0.3, -0.25) is 9.59 Å². The molecule has 0 spiro atoms. The molecular weight excluding hydrogens is 472 g/mol. The molecule has 2 aliphatic heterocycles. The van der Waals surface area contributed by atoms with Gasteiger partial charge in [-0.1, -0.05) is 48.4 Å². The fourth-order valence-corrected chi connectivity index (χ4v) is 6.62. The minimum Gasteiger partial charge on any atom is -0.357 e. The van der Waals surface area contributed by atoms with Gasteiger partial charge in [-0.25, -0.2) is 4.98 Å². The predicted octanol–water partition coefficient (Wildman–Crippen LogP) is 5.01. The van der Waals surface area contributed by atoms with E-state index in [1.54, 1.807) is 20.2 Å². The number of piperidine rings is 2. The lowest BCUT2D eigenvalue weighted by molar-refractivity contribution is -0.142. The Bertz CT molecular complexity index is 1090. The minimum absolute atomic E-state index is 0.130. The van der Waals surface area contributed by atoms with Gasteiger partial charge in [-0.2, -0.15) is 0 Å². The van der Waals surface area contributed by atoms with E-state index in [1.165, 1.54) is 10.5 Å². The number of likely N-dealkylation sites (tertiary alicyclic amines) is 1. The summed E-state index contributed by atoms with van der Waals surface area (Å²) in [6, 6.07) is 14.1. The Morgan fingerprint density at radius 1 is 0.917 bits per heavy atom. The standard InChI is InChI=1S/C29H37ClN4O2/c1-32(2)27(35)24-9-10-25(31-26(24)30)33-17-11-21(12-18-33)22-13-19-34(20-14-22)28(36)29(15-6-16-29)23-7-4-3-5-8-23/h3-5,7-10,21-22H,6,11-20H2,1-2H3. The van der Waals surface area contributed by atoms with Crippen LogP contribution >= 0.6 is 11.6 Å².